The predicted octanol–water partition coefficient (Wildman–Crippen LogP) is 2.69. The molecule has 0 N–H and O–H groups in total. The molecule has 0 atom stereocenters. The van der Waals surface area contributed by atoms with E-state index in [2.05, 4.69) is 0 Å². The van der Waals surface area contributed by atoms with Gasteiger partial charge in [0.25, 0.3) is 5.91 Å². The zero-order valence-corrected chi connectivity index (χ0v) is 11.1. The minimum Gasteiger partial charge on any atom is -0.294 e. The van der Waals surface area contributed by atoms with Gasteiger partial charge >= 0.3 is 0 Å². The van der Waals surface area contributed by atoms with Crippen molar-refractivity contribution >= 4 is 11.7 Å². The van der Waals surface area contributed by atoms with E-state index in [0.717, 1.165) is 17.9 Å². The number of Topliss-reactive ketones (excluding diaryl/α,β-unsaturated/α-hetero) is 1. The Kier molecular flexibility index (Phi) is 5.52. The lowest BCUT2D eigenvalue weighted by Crippen LogP contribution is -2.27. The van der Waals surface area contributed by atoms with Crippen molar-refractivity contribution in [2.75, 3.05) is 14.2 Å². The van der Waals surface area contributed by atoms with Crippen LogP contribution in [0.3, 0.4) is 0 Å². The molecule has 1 amide bonds. The number of benzene rings is 1. The SMILES string of the molecule is CCCCC(=O)c1ccccc1C(=O)N(C)OC. The lowest BCUT2D eigenvalue weighted by atomic mass is 9.99. The molecule has 0 heterocycles. The molecule has 4 heteroatoms. The monoisotopic (exact) mass is 249 g/mol. The van der Waals surface area contributed by atoms with Gasteiger partial charge in [-0.2, -0.15) is 0 Å². The molecule has 18 heavy (non-hydrogen) atoms. The van der Waals surface area contributed by atoms with Crippen LogP contribution in [0.5, 0.6) is 0 Å². The molecule has 0 aliphatic heterocycles. The number of unbranched alkanes of at least 4 members (excludes halogenated alkanes) is 1. The van der Waals surface area contributed by atoms with E-state index in [4.69, 9.17) is 4.84 Å². The van der Waals surface area contributed by atoms with Crippen LogP contribution in [0, 0.1) is 0 Å². The molecule has 0 bridgehead atoms. The average Bonchev–Trinajstić information content (AvgIpc) is 2.43. The van der Waals surface area contributed by atoms with Crippen molar-refractivity contribution in [1.29, 1.82) is 0 Å². The van der Waals surface area contributed by atoms with Crippen LogP contribution in [0.15, 0.2) is 24.3 Å². The predicted molar refractivity (Wildman–Crippen MR) is 69.4 cm³/mol. The van der Waals surface area contributed by atoms with Crippen molar-refractivity contribution in [1.82, 2.24) is 5.06 Å². The average molecular weight is 249 g/mol. The minimum absolute atomic E-state index is 0.00491. The maximum Gasteiger partial charge on any atom is 0.277 e. The Hall–Kier alpha value is -1.68. The Morgan fingerprint density at radius 1 is 1.22 bits per heavy atom. The molecule has 0 radical (unpaired) electrons. The molecule has 0 aliphatic rings. The lowest BCUT2D eigenvalue weighted by Gasteiger charge is -2.15. The second-order valence-corrected chi connectivity index (χ2v) is 4.06. The summed E-state index contributed by atoms with van der Waals surface area (Å²) in [5.74, 6) is -0.303. The van der Waals surface area contributed by atoms with E-state index in [1.54, 1.807) is 24.3 Å². The summed E-state index contributed by atoms with van der Waals surface area (Å²) in [7, 11) is 2.94. The first-order valence-electron chi connectivity index (χ1n) is 6.06. The van der Waals surface area contributed by atoms with Gasteiger partial charge in [0.15, 0.2) is 5.78 Å². The van der Waals surface area contributed by atoms with Crippen LogP contribution in [-0.2, 0) is 4.84 Å². The largest absolute Gasteiger partial charge is 0.294 e. The summed E-state index contributed by atoms with van der Waals surface area (Å²) >= 11 is 0. The smallest absolute Gasteiger partial charge is 0.277 e. The van der Waals surface area contributed by atoms with Crippen LogP contribution < -0.4 is 0 Å². The summed E-state index contributed by atoms with van der Waals surface area (Å²) < 4.78 is 0. The van der Waals surface area contributed by atoms with E-state index >= 15 is 0 Å². The summed E-state index contributed by atoms with van der Waals surface area (Å²) in [6.45, 7) is 2.03. The molecule has 0 aromatic heterocycles. The first kappa shape index (κ1) is 14.4. The summed E-state index contributed by atoms with van der Waals surface area (Å²) in [6.07, 6.45) is 2.26. The van der Waals surface area contributed by atoms with Crippen LogP contribution >= 0.6 is 0 Å². The number of hydrogen-bond donors (Lipinski definition) is 0. The molecular weight excluding hydrogens is 230 g/mol. The van der Waals surface area contributed by atoms with Gasteiger partial charge in [0, 0.05) is 19.0 Å². The van der Waals surface area contributed by atoms with Gasteiger partial charge in [0.05, 0.1) is 12.7 Å². The number of rotatable bonds is 6. The highest BCUT2D eigenvalue weighted by Gasteiger charge is 2.18. The van der Waals surface area contributed by atoms with E-state index < -0.39 is 0 Å². The van der Waals surface area contributed by atoms with E-state index in [1.165, 1.54) is 14.2 Å². The van der Waals surface area contributed by atoms with Crippen LogP contribution in [0.1, 0.15) is 46.9 Å². The molecule has 1 aromatic rings. The number of carbonyl (C=O) groups excluding carboxylic acids is 2. The normalized spacial score (nSPS) is 10.2. The highest BCUT2D eigenvalue weighted by molar-refractivity contribution is 6.07. The Labute approximate surface area is 108 Å². The first-order valence-corrected chi connectivity index (χ1v) is 6.06. The maximum atomic E-state index is 12.0. The van der Waals surface area contributed by atoms with Gasteiger partial charge in [0.1, 0.15) is 0 Å². The fourth-order valence-electron chi connectivity index (χ4n) is 1.64. The molecule has 98 valence electrons. The molecule has 1 aromatic carbocycles. The number of amides is 1. The summed E-state index contributed by atoms with van der Waals surface area (Å²) in [5.41, 5.74) is 0.864. The summed E-state index contributed by atoms with van der Waals surface area (Å²) in [4.78, 5) is 28.9. The van der Waals surface area contributed by atoms with Crippen molar-refractivity contribution < 1.29 is 14.4 Å². The van der Waals surface area contributed by atoms with Gasteiger partial charge < -0.3 is 0 Å². The molecule has 0 aliphatic carbocycles. The number of carbonyl (C=O) groups is 2. The van der Waals surface area contributed by atoms with Crippen LogP contribution in [0.25, 0.3) is 0 Å². The van der Waals surface area contributed by atoms with Crippen LogP contribution in [0.4, 0.5) is 0 Å². The van der Waals surface area contributed by atoms with Gasteiger partial charge in [-0.1, -0.05) is 31.5 Å². The number of hydrogen-bond acceptors (Lipinski definition) is 3. The van der Waals surface area contributed by atoms with Gasteiger partial charge in [-0.3, -0.25) is 14.4 Å². The second-order valence-electron chi connectivity index (χ2n) is 4.06. The molecule has 4 nitrogen and oxygen atoms in total. The lowest BCUT2D eigenvalue weighted by molar-refractivity contribution is -0.0757. The Morgan fingerprint density at radius 2 is 1.83 bits per heavy atom. The first-order chi connectivity index (χ1) is 8.61. The van der Waals surface area contributed by atoms with Crippen molar-refractivity contribution in [2.24, 2.45) is 0 Å². The van der Waals surface area contributed by atoms with Crippen molar-refractivity contribution in [2.45, 2.75) is 26.2 Å². The van der Waals surface area contributed by atoms with E-state index in [1.807, 2.05) is 6.92 Å². The molecule has 0 fully saturated rings. The van der Waals surface area contributed by atoms with Crippen LogP contribution in [-0.4, -0.2) is 30.9 Å². The molecule has 0 saturated heterocycles. The van der Waals surface area contributed by atoms with E-state index in [0.29, 0.717) is 17.5 Å². The molecular formula is C14H19NO3. The third-order valence-electron chi connectivity index (χ3n) is 2.78. The number of nitrogens with zero attached hydrogens (tertiary/aromatic N) is 1. The Bertz CT molecular complexity index is 429. The van der Waals surface area contributed by atoms with Gasteiger partial charge in [0.2, 0.25) is 0 Å². The molecule has 0 saturated carbocycles. The van der Waals surface area contributed by atoms with Crippen molar-refractivity contribution in [3.8, 4) is 0 Å². The standard InChI is InChI=1S/C14H19NO3/c1-4-5-10-13(16)11-8-6-7-9-12(11)14(17)15(2)18-3/h6-9H,4-5,10H2,1-3H3. The summed E-state index contributed by atoms with van der Waals surface area (Å²) in [6, 6.07) is 6.85. The number of ketones is 1. The quantitative estimate of drug-likeness (QED) is 0.575. The van der Waals surface area contributed by atoms with E-state index in [-0.39, 0.29) is 11.7 Å². The minimum atomic E-state index is -0.307. The third-order valence-corrected chi connectivity index (χ3v) is 2.78. The van der Waals surface area contributed by atoms with Crippen molar-refractivity contribution in [3.05, 3.63) is 35.4 Å². The fraction of sp³-hybridized carbons (Fsp3) is 0.429. The zero-order chi connectivity index (χ0) is 13.5. The summed E-state index contributed by atoms with van der Waals surface area (Å²) in [5, 5.41) is 1.12. The van der Waals surface area contributed by atoms with Gasteiger partial charge in [-0.25, -0.2) is 5.06 Å². The van der Waals surface area contributed by atoms with Crippen molar-refractivity contribution in [3.63, 3.8) is 0 Å². The fourth-order valence-corrected chi connectivity index (χ4v) is 1.64. The second kappa shape index (κ2) is 6.91. The van der Waals surface area contributed by atoms with Gasteiger partial charge in [-0.05, 0) is 12.5 Å². The van der Waals surface area contributed by atoms with E-state index in [9.17, 15) is 9.59 Å². The zero-order valence-electron chi connectivity index (χ0n) is 11.1. The highest BCUT2D eigenvalue weighted by atomic mass is 16.7. The Balaban J connectivity index is 2.99. The Morgan fingerprint density at radius 3 is 2.39 bits per heavy atom. The maximum absolute atomic E-state index is 12.0. The topological polar surface area (TPSA) is 46.6 Å². The highest BCUT2D eigenvalue weighted by Crippen LogP contribution is 2.15. The number of hydroxylamine groups is 2. The third kappa shape index (κ3) is 3.40. The molecule has 0 unspecified atom stereocenters. The van der Waals surface area contributed by atoms with Crippen LogP contribution in [0.2, 0.25) is 0 Å². The molecule has 0 spiro atoms. The molecule has 1 rings (SSSR count). The van der Waals surface area contributed by atoms with Gasteiger partial charge in [-0.15, -0.1) is 0 Å².